The average Bonchev–Trinajstić information content (AvgIpc) is 2.70. The third kappa shape index (κ3) is 1.87. The number of aromatic nitrogens is 3. The topological polar surface area (TPSA) is 52.0 Å². The molecule has 13 heavy (non-hydrogen) atoms. The lowest BCUT2D eigenvalue weighted by Crippen LogP contribution is -2.13. The lowest BCUT2D eigenvalue weighted by atomic mass is 10.3. The summed E-state index contributed by atoms with van der Waals surface area (Å²) in [6.45, 7) is 2.61. The molecule has 1 N–H and O–H groups in total. The number of hydrogen-bond donors (Lipinski definition) is 1. The van der Waals surface area contributed by atoms with Gasteiger partial charge in [0.05, 0.1) is 18.8 Å². The molecule has 1 aliphatic rings. The minimum atomic E-state index is 0.470. The first kappa shape index (κ1) is 8.65. The van der Waals surface area contributed by atoms with Gasteiger partial charge in [-0.3, -0.25) is 0 Å². The van der Waals surface area contributed by atoms with Crippen molar-refractivity contribution in [1.29, 1.82) is 0 Å². The summed E-state index contributed by atoms with van der Waals surface area (Å²) in [6.07, 6.45) is 3.09. The van der Waals surface area contributed by atoms with Crippen LogP contribution in [0.1, 0.15) is 18.2 Å². The SMILES string of the molecule is COCc1cn([C@H]2CCNC2)nn1. The standard InChI is InChI=1S/C8H14N4O/c1-13-6-7-5-12(11-10-7)8-2-3-9-4-8/h5,8-9H,2-4,6H2,1H3/t8-/m0/s1. The van der Waals surface area contributed by atoms with Gasteiger partial charge >= 0.3 is 0 Å². The van der Waals surface area contributed by atoms with Crippen LogP contribution in [0.4, 0.5) is 0 Å². The number of hydrogen-bond acceptors (Lipinski definition) is 4. The second-order valence-corrected chi connectivity index (χ2v) is 3.27. The number of nitrogens with zero attached hydrogens (tertiary/aromatic N) is 3. The molecule has 1 aromatic heterocycles. The maximum absolute atomic E-state index is 4.97. The maximum Gasteiger partial charge on any atom is 0.108 e. The molecule has 1 aromatic rings. The fraction of sp³-hybridized carbons (Fsp3) is 0.750. The molecule has 0 aliphatic carbocycles. The van der Waals surface area contributed by atoms with Gasteiger partial charge in [0.25, 0.3) is 0 Å². The highest BCUT2D eigenvalue weighted by Crippen LogP contribution is 2.13. The van der Waals surface area contributed by atoms with Crippen LogP contribution in [0.25, 0.3) is 0 Å². The van der Waals surface area contributed by atoms with Crippen LogP contribution >= 0.6 is 0 Å². The van der Waals surface area contributed by atoms with Gasteiger partial charge in [-0.2, -0.15) is 0 Å². The largest absolute Gasteiger partial charge is 0.378 e. The first-order chi connectivity index (χ1) is 6.40. The predicted molar refractivity (Wildman–Crippen MR) is 47.3 cm³/mol. The highest BCUT2D eigenvalue weighted by atomic mass is 16.5. The molecule has 5 heteroatoms. The van der Waals surface area contributed by atoms with Gasteiger partial charge < -0.3 is 10.1 Å². The first-order valence-corrected chi connectivity index (χ1v) is 4.50. The Hall–Kier alpha value is -0.940. The zero-order valence-electron chi connectivity index (χ0n) is 7.73. The van der Waals surface area contributed by atoms with Crippen molar-refractivity contribution in [1.82, 2.24) is 20.3 Å². The Bertz CT molecular complexity index is 267. The van der Waals surface area contributed by atoms with Gasteiger partial charge in [0, 0.05) is 13.7 Å². The molecule has 0 spiro atoms. The van der Waals surface area contributed by atoms with E-state index in [2.05, 4.69) is 15.6 Å². The van der Waals surface area contributed by atoms with Gasteiger partial charge in [-0.25, -0.2) is 4.68 Å². The van der Waals surface area contributed by atoms with E-state index in [1.807, 2.05) is 10.9 Å². The summed E-state index contributed by atoms with van der Waals surface area (Å²) in [4.78, 5) is 0. The highest BCUT2D eigenvalue weighted by molar-refractivity contribution is 4.92. The second-order valence-electron chi connectivity index (χ2n) is 3.27. The van der Waals surface area contributed by atoms with E-state index >= 15 is 0 Å². The molecule has 0 saturated carbocycles. The minimum absolute atomic E-state index is 0.470. The van der Waals surface area contributed by atoms with Crippen LogP contribution < -0.4 is 5.32 Å². The summed E-state index contributed by atoms with van der Waals surface area (Å²) in [7, 11) is 1.66. The Labute approximate surface area is 77.1 Å². The van der Waals surface area contributed by atoms with Crippen LogP contribution in [0.2, 0.25) is 0 Å². The number of methoxy groups -OCH3 is 1. The molecule has 72 valence electrons. The molecule has 0 unspecified atom stereocenters. The molecule has 1 saturated heterocycles. The zero-order valence-corrected chi connectivity index (χ0v) is 7.73. The van der Waals surface area contributed by atoms with Crippen molar-refractivity contribution in [2.24, 2.45) is 0 Å². The van der Waals surface area contributed by atoms with Gasteiger partial charge in [-0.15, -0.1) is 5.10 Å². The molecular formula is C8H14N4O. The lowest BCUT2D eigenvalue weighted by Gasteiger charge is -2.05. The van der Waals surface area contributed by atoms with Crippen LogP contribution in [0.15, 0.2) is 6.20 Å². The van der Waals surface area contributed by atoms with Crippen molar-refractivity contribution in [3.8, 4) is 0 Å². The van der Waals surface area contributed by atoms with Crippen LogP contribution in [0, 0.1) is 0 Å². The van der Waals surface area contributed by atoms with Crippen LogP contribution in [0.3, 0.4) is 0 Å². The van der Waals surface area contributed by atoms with Crippen molar-refractivity contribution < 1.29 is 4.74 Å². The third-order valence-electron chi connectivity index (χ3n) is 2.26. The van der Waals surface area contributed by atoms with Gasteiger partial charge in [-0.1, -0.05) is 5.21 Å². The fourth-order valence-electron chi connectivity index (χ4n) is 1.57. The smallest absolute Gasteiger partial charge is 0.108 e. The molecule has 0 amide bonds. The summed E-state index contributed by atoms with van der Waals surface area (Å²) in [5.74, 6) is 0. The normalized spacial score (nSPS) is 22.4. The van der Waals surface area contributed by atoms with Crippen molar-refractivity contribution in [2.75, 3.05) is 20.2 Å². The molecule has 0 radical (unpaired) electrons. The molecule has 1 fully saturated rings. The lowest BCUT2D eigenvalue weighted by molar-refractivity contribution is 0.181. The Balaban J connectivity index is 2.03. The fourth-order valence-corrected chi connectivity index (χ4v) is 1.57. The van der Waals surface area contributed by atoms with Gasteiger partial charge in [0.15, 0.2) is 0 Å². The maximum atomic E-state index is 4.97. The van der Waals surface area contributed by atoms with Crippen LogP contribution in [0.5, 0.6) is 0 Å². The summed E-state index contributed by atoms with van der Waals surface area (Å²) < 4.78 is 6.90. The summed E-state index contributed by atoms with van der Waals surface area (Å²) in [6, 6.07) is 0.470. The molecule has 5 nitrogen and oxygen atoms in total. The predicted octanol–water partition coefficient (Wildman–Crippen LogP) is -0.0411. The van der Waals surface area contributed by atoms with Gasteiger partial charge in [-0.05, 0) is 13.0 Å². The summed E-state index contributed by atoms with van der Waals surface area (Å²) in [5.41, 5.74) is 0.898. The number of rotatable bonds is 3. The molecule has 0 bridgehead atoms. The summed E-state index contributed by atoms with van der Waals surface area (Å²) in [5, 5.41) is 11.4. The summed E-state index contributed by atoms with van der Waals surface area (Å²) >= 11 is 0. The van der Waals surface area contributed by atoms with Gasteiger partial charge in [0.2, 0.25) is 0 Å². The van der Waals surface area contributed by atoms with E-state index in [4.69, 9.17) is 4.74 Å². The average molecular weight is 182 g/mol. The van der Waals surface area contributed by atoms with Crippen molar-refractivity contribution in [3.05, 3.63) is 11.9 Å². The molecule has 2 heterocycles. The van der Waals surface area contributed by atoms with E-state index in [0.717, 1.165) is 25.2 Å². The monoisotopic (exact) mass is 182 g/mol. The van der Waals surface area contributed by atoms with E-state index < -0.39 is 0 Å². The van der Waals surface area contributed by atoms with E-state index in [1.54, 1.807) is 7.11 Å². The number of nitrogens with one attached hydrogen (secondary N) is 1. The van der Waals surface area contributed by atoms with Crippen molar-refractivity contribution in [2.45, 2.75) is 19.1 Å². The molecule has 1 atom stereocenters. The van der Waals surface area contributed by atoms with E-state index in [-0.39, 0.29) is 0 Å². The van der Waals surface area contributed by atoms with Crippen molar-refractivity contribution in [3.63, 3.8) is 0 Å². The Morgan fingerprint density at radius 3 is 3.38 bits per heavy atom. The Kier molecular flexibility index (Phi) is 2.56. The molecule has 1 aliphatic heterocycles. The van der Waals surface area contributed by atoms with Crippen LogP contribution in [-0.4, -0.2) is 35.2 Å². The molecular weight excluding hydrogens is 168 g/mol. The van der Waals surface area contributed by atoms with Gasteiger partial charge in [0.1, 0.15) is 5.69 Å². The Morgan fingerprint density at radius 1 is 1.77 bits per heavy atom. The minimum Gasteiger partial charge on any atom is -0.378 e. The van der Waals surface area contributed by atoms with Crippen molar-refractivity contribution >= 4 is 0 Å². The molecule has 0 aromatic carbocycles. The quantitative estimate of drug-likeness (QED) is 0.712. The molecule has 2 rings (SSSR count). The first-order valence-electron chi connectivity index (χ1n) is 4.50. The van der Waals surface area contributed by atoms with E-state index in [1.165, 1.54) is 0 Å². The third-order valence-corrected chi connectivity index (χ3v) is 2.26. The zero-order chi connectivity index (χ0) is 9.10. The second kappa shape index (κ2) is 3.85. The number of ether oxygens (including phenoxy) is 1. The van der Waals surface area contributed by atoms with Crippen LogP contribution in [-0.2, 0) is 11.3 Å². The highest BCUT2D eigenvalue weighted by Gasteiger charge is 2.17. The van der Waals surface area contributed by atoms with E-state index in [9.17, 15) is 0 Å². The Morgan fingerprint density at radius 2 is 2.69 bits per heavy atom. The van der Waals surface area contributed by atoms with E-state index in [0.29, 0.717) is 12.6 Å².